The molecule has 1 heterocycles. The molecule has 1 saturated carbocycles. The summed E-state index contributed by atoms with van der Waals surface area (Å²) >= 11 is 5.23. The summed E-state index contributed by atoms with van der Waals surface area (Å²) in [4.78, 5) is 2.43. The fraction of sp³-hybridized carbons (Fsp3) is 0.857. The molecule has 0 aromatic rings. The highest BCUT2D eigenvalue weighted by molar-refractivity contribution is 7.80. The van der Waals surface area contributed by atoms with Gasteiger partial charge in [0.25, 0.3) is 0 Å². The Morgan fingerprint density at radius 3 is 2.70 bits per heavy atom. The first-order valence-corrected chi connectivity index (χ1v) is 8.15. The molecule has 1 saturated heterocycles. The third kappa shape index (κ3) is 6.15. The van der Waals surface area contributed by atoms with E-state index >= 15 is 0 Å². The molecule has 0 aromatic heterocycles. The quantitative estimate of drug-likeness (QED) is 0.457. The molecule has 6 heteroatoms. The molecule has 0 amide bonds. The van der Waals surface area contributed by atoms with Crippen LogP contribution in [0.3, 0.4) is 0 Å². The van der Waals surface area contributed by atoms with Crippen LogP contribution in [0.2, 0.25) is 0 Å². The number of ether oxygens (including phenoxy) is 1. The first kappa shape index (κ1) is 15.7. The van der Waals surface area contributed by atoms with Crippen molar-refractivity contribution in [3.63, 3.8) is 0 Å². The molecule has 0 unspecified atom stereocenters. The van der Waals surface area contributed by atoms with Crippen molar-refractivity contribution in [3.05, 3.63) is 0 Å². The van der Waals surface area contributed by atoms with Crippen LogP contribution in [-0.4, -0.2) is 55.1 Å². The van der Waals surface area contributed by atoms with Crippen LogP contribution < -0.4 is 10.7 Å². The number of thiocarbonyl (C=S) groups is 1. The maximum Gasteiger partial charge on any atom is 0.186 e. The molecule has 0 atom stereocenters. The summed E-state index contributed by atoms with van der Waals surface area (Å²) in [6.45, 7) is 5.84. The van der Waals surface area contributed by atoms with Crippen LogP contribution in [0.25, 0.3) is 0 Å². The SMILES string of the molecule is S=C(NCCCN1CCOCC1)NN=C1CCCCC1. The molecule has 0 bridgehead atoms. The van der Waals surface area contributed by atoms with Gasteiger partial charge in [-0.25, -0.2) is 0 Å². The highest BCUT2D eigenvalue weighted by Crippen LogP contribution is 2.14. The van der Waals surface area contributed by atoms with Gasteiger partial charge in [0.2, 0.25) is 0 Å². The Morgan fingerprint density at radius 2 is 1.95 bits per heavy atom. The molecule has 5 nitrogen and oxygen atoms in total. The van der Waals surface area contributed by atoms with E-state index in [1.54, 1.807) is 0 Å². The molecule has 0 radical (unpaired) electrons. The summed E-state index contributed by atoms with van der Waals surface area (Å²) in [5.41, 5.74) is 4.22. The smallest absolute Gasteiger partial charge is 0.186 e. The van der Waals surface area contributed by atoms with Gasteiger partial charge >= 0.3 is 0 Å². The molecule has 2 fully saturated rings. The first-order chi connectivity index (χ1) is 9.84. The highest BCUT2D eigenvalue weighted by atomic mass is 32.1. The lowest BCUT2D eigenvalue weighted by molar-refractivity contribution is 0.0376. The van der Waals surface area contributed by atoms with Crippen molar-refractivity contribution >= 4 is 23.0 Å². The van der Waals surface area contributed by atoms with E-state index in [-0.39, 0.29) is 0 Å². The molecule has 1 aliphatic heterocycles. The van der Waals surface area contributed by atoms with Crippen molar-refractivity contribution in [2.75, 3.05) is 39.4 Å². The summed E-state index contributed by atoms with van der Waals surface area (Å²) in [5, 5.41) is 8.25. The van der Waals surface area contributed by atoms with Crippen molar-refractivity contribution in [2.45, 2.75) is 38.5 Å². The van der Waals surface area contributed by atoms with Gasteiger partial charge in [0.05, 0.1) is 13.2 Å². The Bertz CT molecular complexity index is 321. The molecule has 2 aliphatic rings. The summed E-state index contributed by atoms with van der Waals surface area (Å²) in [7, 11) is 0. The van der Waals surface area contributed by atoms with Gasteiger partial charge in [-0.05, 0) is 50.9 Å². The lowest BCUT2D eigenvalue weighted by Gasteiger charge is -2.26. The number of hydrogen-bond donors (Lipinski definition) is 2. The van der Waals surface area contributed by atoms with Crippen molar-refractivity contribution in [3.8, 4) is 0 Å². The molecule has 114 valence electrons. The summed E-state index contributed by atoms with van der Waals surface area (Å²) in [5.74, 6) is 0. The fourth-order valence-electron chi connectivity index (χ4n) is 2.57. The van der Waals surface area contributed by atoms with Gasteiger partial charge in [0, 0.05) is 25.3 Å². The van der Waals surface area contributed by atoms with Gasteiger partial charge in [-0.2, -0.15) is 5.10 Å². The zero-order valence-electron chi connectivity index (χ0n) is 12.2. The van der Waals surface area contributed by atoms with Crippen molar-refractivity contribution < 1.29 is 4.74 Å². The van der Waals surface area contributed by atoms with Gasteiger partial charge in [-0.1, -0.05) is 6.42 Å². The maximum absolute atomic E-state index is 5.33. The van der Waals surface area contributed by atoms with Crippen LogP contribution in [-0.2, 0) is 4.74 Å². The van der Waals surface area contributed by atoms with Crippen LogP contribution in [0, 0.1) is 0 Å². The number of rotatable bonds is 5. The minimum atomic E-state index is 0.644. The third-order valence-corrected chi connectivity index (χ3v) is 4.02. The summed E-state index contributed by atoms with van der Waals surface area (Å²) < 4.78 is 5.33. The van der Waals surface area contributed by atoms with Gasteiger partial charge in [0.1, 0.15) is 0 Å². The Morgan fingerprint density at radius 1 is 1.20 bits per heavy atom. The van der Waals surface area contributed by atoms with Crippen molar-refractivity contribution in [1.29, 1.82) is 0 Å². The van der Waals surface area contributed by atoms with Crippen molar-refractivity contribution in [1.82, 2.24) is 15.6 Å². The van der Waals surface area contributed by atoms with E-state index in [0.29, 0.717) is 5.11 Å². The second kappa shape index (κ2) is 9.26. The number of morpholine rings is 1. The zero-order valence-corrected chi connectivity index (χ0v) is 13.0. The van der Waals surface area contributed by atoms with E-state index in [9.17, 15) is 0 Å². The molecular weight excluding hydrogens is 272 g/mol. The molecule has 0 spiro atoms. The van der Waals surface area contributed by atoms with E-state index in [2.05, 4.69) is 20.7 Å². The molecule has 0 aromatic carbocycles. The van der Waals surface area contributed by atoms with E-state index in [1.807, 2.05) is 0 Å². The van der Waals surface area contributed by atoms with Gasteiger partial charge in [0.15, 0.2) is 5.11 Å². The van der Waals surface area contributed by atoms with E-state index in [0.717, 1.165) is 58.7 Å². The van der Waals surface area contributed by atoms with E-state index in [1.165, 1.54) is 25.0 Å². The third-order valence-electron chi connectivity index (χ3n) is 3.79. The predicted molar refractivity (Wildman–Crippen MR) is 86.1 cm³/mol. The Kier molecular flexibility index (Phi) is 7.25. The second-order valence-corrected chi connectivity index (χ2v) is 5.82. The lowest BCUT2D eigenvalue weighted by Crippen LogP contribution is -2.39. The summed E-state index contributed by atoms with van der Waals surface area (Å²) in [6, 6.07) is 0. The fourth-order valence-corrected chi connectivity index (χ4v) is 2.72. The second-order valence-electron chi connectivity index (χ2n) is 5.41. The topological polar surface area (TPSA) is 48.9 Å². The van der Waals surface area contributed by atoms with Crippen LogP contribution in [0.4, 0.5) is 0 Å². The van der Waals surface area contributed by atoms with Crippen molar-refractivity contribution in [2.24, 2.45) is 5.10 Å². The van der Waals surface area contributed by atoms with Crippen LogP contribution >= 0.6 is 12.2 Å². The molecule has 20 heavy (non-hydrogen) atoms. The lowest BCUT2D eigenvalue weighted by atomic mass is 9.99. The number of nitrogens with one attached hydrogen (secondary N) is 2. The normalized spacial score (nSPS) is 20.5. The number of hydrazone groups is 1. The molecule has 1 aliphatic carbocycles. The van der Waals surface area contributed by atoms with E-state index in [4.69, 9.17) is 17.0 Å². The maximum atomic E-state index is 5.33. The molecule has 2 rings (SSSR count). The van der Waals surface area contributed by atoms with Crippen LogP contribution in [0.5, 0.6) is 0 Å². The average Bonchev–Trinajstić information content (AvgIpc) is 2.52. The monoisotopic (exact) mass is 298 g/mol. The Hall–Kier alpha value is -0.720. The Balaban J connectivity index is 1.51. The predicted octanol–water partition coefficient (Wildman–Crippen LogP) is 1.49. The van der Waals surface area contributed by atoms with Crippen LogP contribution in [0.15, 0.2) is 5.10 Å². The standard InChI is InChI=1S/C14H26N4OS/c20-14(17-16-13-5-2-1-3-6-13)15-7-4-8-18-9-11-19-12-10-18/h1-12H2,(H2,15,17,20). The van der Waals surface area contributed by atoms with Gasteiger partial charge in [-0.15, -0.1) is 0 Å². The molecular formula is C14H26N4OS. The van der Waals surface area contributed by atoms with Crippen LogP contribution in [0.1, 0.15) is 38.5 Å². The van der Waals surface area contributed by atoms with Gasteiger partial charge in [-0.3, -0.25) is 10.3 Å². The number of nitrogens with zero attached hydrogens (tertiary/aromatic N) is 2. The van der Waals surface area contributed by atoms with E-state index < -0.39 is 0 Å². The number of hydrogen-bond acceptors (Lipinski definition) is 4. The first-order valence-electron chi connectivity index (χ1n) is 7.74. The molecule has 2 N–H and O–H groups in total. The van der Waals surface area contributed by atoms with Gasteiger partial charge < -0.3 is 10.1 Å². The Labute approximate surface area is 127 Å². The minimum absolute atomic E-state index is 0.644. The average molecular weight is 298 g/mol. The highest BCUT2D eigenvalue weighted by Gasteiger charge is 2.09. The summed E-state index contributed by atoms with van der Waals surface area (Å²) in [6.07, 6.45) is 7.20. The largest absolute Gasteiger partial charge is 0.379 e. The zero-order chi connectivity index (χ0) is 14.0. The minimum Gasteiger partial charge on any atom is -0.379 e.